The fourth-order valence-corrected chi connectivity index (χ4v) is 3.72. The summed E-state index contributed by atoms with van der Waals surface area (Å²) in [5.41, 5.74) is -0.194. The molecular formula is C20H19N3O3. The molecule has 1 aliphatic rings. The first-order valence-electron chi connectivity index (χ1n) is 8.51. The van der Waals surface area contributed by atoms with Gasteiger partial charge in [0.05, 0.1) is 16.9 Å². The highest BCUT2D eigenvalue weighted by atomic mass is 16.3. The number of para-hydroxylation sites is 2. The number of carbonyl (C=O) groups is 1. The Morgan fingerprint density at radius 1 is 1.04 bits per heavy atom. The van der Waals surface area contributed by atoms with Gasteiger partial charge in [-0.25, -0.2) is 4.68 Å². The average Bonchev–Trinajstić information content (AvgIpc) is 3.08. The summed E-state index contributed by atoms with van der Waals surface area (Å²) < 4.78 is 1.35. The second-order valence-corrected chi connectivity index (χ2v) is 6.36. The number of aliphatic hydroxyl groups is 1. The first-order chi connectivity index (χ1) is 12.5. The van der Waals surface area contributed by atoms with Crippen molar-refractivity contribution < 1.29 is 9.90 Å². The maximum Gasteiger partial charge on any atom is 0.278 e. The Bertz CT molecular complexity index is 1050. The fourth-order valence-electron chi connectivity index (χ4n) is 3.72. The molecule has 6 heteroatoms. The van der Waals surface area contributed by atoms with Gasteiger partial charge in [-0.15, -0.1) is 0 Å². The van der Waals surface area contributed by atoms with Crippen LogP contribution in [0.25, 0.3) is 5.69 Å². The highest BCUT2D eigenvalue weighted by Crippen LogP contribution is 2.43. The monoisotopic (exact) mass is 349 g/mol. The number of anilines is 1. The molecule has 4 rings (SSSR count). The molecule has 2 aromatic carbocycles. The van der Waals surface area contributed by atoms with Gasteiger partial charge in [-0.05, 0) is 32.0 Å². The van der Waals surface area contributed by atoms with E-state index in [1.807, 2.05) is 31.2 Å². The van der Waals surface area contributed by atoms with E-state index in [0.717, 1.165) is 0 Å². The van der Waals surface area contributed by atoms with Crippen LogP contribution in [0.2, 0.25) is 0 Å². The van der Waals surface area contributed by atoms with Gasteiger partial charge in [0.15, 0.2) is 0 Å². The third kappa shape index (κ3) is 2.02. The molecule has 0 saturated heterocycles. The molecular weight excluding hydrogens is 330 g/mol. The second kappa shape index (κ2) is 5.71. The highest BCUT2D eigenvalue weighted by molar-refractivity contribution is 6.09. The number of hydrogen-bond donors (Lipinski definition) is 2. The van der Waals surface area contributed by atoms with Crippen molar-refractivity contribution in [1.29, 1.82) is 0 Å². The van der Waals surface area contributed by atoms with Crippen molar-refractivity contribution in [3.63, 3.8) is 0 Å². The van der Waals surface area contributed by atoms with Crippen molar-refractivity contribution in [2.75, 3.05) is 11.4 Å². The SMILES string of the molecule is CCN1C(=O)C(O)(c2c(C)[nH]n(-c3ccccc3)c2=O)c2ccccc21. The van der Waals surface area contributed by atoms with Gasteiger partial charge >= 0.3 is 0 Å². The van der Waals surface area contributed by atoms with E-state index in [2.05, 4.69) is 5.10 Å². The normalized spacial score (nSPS) is 19.0. The number of H-pyrrole nitrogens is 1. The van der Waals surface area contributed by atoms with E-state index in [0.29, 0.717) is 29.2 Å². The molecule has 6 nitrogen and oxygen atoms in total. The van der Waals surface area contributed by atoms with Crippen molar-refractivity contribution >= 4 is 11.6 Å². The highest BCUT2D eigenvalue weighted by Gasteiger charge is 2.53. The standard InChI is InChI=1S/C20H19N3O3/c1-3-22-16-12-8-7-11-15(16)20(26,19(22)25)17-13(2)21-23(18(17)24)14-9-5-4-6-10-14/h4-12,21,26H,3H2,1-2H3. The van der Waals surface area contributed by atoms with Crippen LogP contribution in [0.1, 0.15) is 23.7 Å². The van der Waals surface area contributed by atoms with Crippen molar-refractivity contribution in [1.82, 2.24) is 9.78 Å². The number of fused-ring (bicyclic) bond motifs is 1. The van der Waals surface area contributed by atoms with Crippen LogP contribution in [0.15, 0.2) is 59.4 Å². The summed E-state index contributed by atoms with van der Waals surface area (Å²) in [6, 6.07) is 16.1. The van der Waals surface area contributed by atoms with Gasteiger partial charge < -0.3 is 10.0 Å². The third-order valence-corrected chi connectivity index (χ3v) is 4.90. The molecule has 26 heavy (non-hydrogen) atoms. The molecule has 0 bridgehead atoms. The van der Waals surface area contributed by atoms with Crippen LogP contribution >= 0.6 is 0 Å². The molecule has 0 saturated carbocycles. The smallest absolute Gasteiger partial charge is 0.278 e. The van der Waals surface area contributed by atoms with Crippen molar-refractivity contribution in [2.24, 2.45) is 0 Å². The first kappa shape index (κ1) is 16.4. The minimum atomic E-state index is -2.00. The summed E-state index contributed by atoms with van der Waals surface area (Å²) in [6.45, 7) is 3.94. The molecule has 2 N–H and O–H groups in total. The van der Waals surface area contributed by atoms with E-state index in [4.69, 9.17) is 0 Å². The Kier molecular flexibility index (Phi) is 3.59. The minimum Gasteiger partial charge on any atom is -0.371 e. The molecule has 1 atom stereocenters. The maximum atomic E-state index is 13.1. The molecule has 132 valence electrons. The van der Waals surface area contributed by atoms with Crippen LogP contribution in [0, 0.1) is 6.92 Å². The number of carbonyl (C=O) groups excluding carboxylic acids is 1. The lowest BCUT2D eigenvalue weighted by molar-refractivity contribution is -0.132. The van der Waals surface area contributed by atoms with Crippen LogP contribution in [0.4, 0.5) is 5.69 Å². The van der Waals surface area contributed by atoms with E-state index in [-0.39, 0.29) is 5.56 Å². The van der Waals surface area contributed by atoms with Crippen molar-refractivity contribution in [3.8, 4) is 5.69 Å². The number of hydrogen-bond acceptors (Lipinski definition) is 3. The lowest BCUT2D eigenvalue weighted by atomic mass is 9.88. The summed E-state index contributed by atoms with van der Waals surface area (Å²) in [4.78, 5) is 27.7. The molecule has 0 spiro atoms. The van der Waals surface area contributed by atoms with Crippen LogP contribution in [-0.4, -0.2) is 27.3 Å². The van der Waals surface area contributed by atoms with E-state index >= 15 is 0 Å². The summed E-state index contributed by atoms with van der Waals surface area (Å²) in [5.74, 6) is -0.499. The summed E-state index contributed by atoms with van der Waals surface area (Å²) in [6.07, 6.45) is 0. The number of aromatic amines is 1. The molecule has 1 aromatic heterocycles. The van der Waals surface area contributed by atoms with Gasteiger partial charge in [-0.3, -0.25) is 14.7 Å². The van der Waals surface area contributed by atoms with E-state index in [1.54, 1.807) is 37.3 Å². The number of benzene rings is 2. The zero-order chi connectivity index (χ0) is 18.5. The molecule has 3 aromatic rings. The van der Waals surface area contributed by atoms with Gasteiger partial charge in [0.2, 0.25) is 5.60 Å². The number of aromatic nitrogens is 2. The van der Waals surface area contributed by atoms with Crippen molar-refractivity contribution in [2.45, 2.75) is 19.4 Å². The van der Waals surface area contributed by atoms with Gasteiger partial charge in [0, 0.05) is 17.8 Å². The van der Waals surface area contributed by atoms with Gasteiger partial charge in [-0.2, -0.15) is 0 Å². The number of likely N-dealkylation sites (N-methyl/N-ethyl adjacent to an activating group) is 1. The topological polar surface area (TPSA) is 78.3 Å². The lowest BCUT2D eigenvalue weighted by Gasteiger charge is -2.21. The van der Waals surface area contributed by atoms with E-state index < -0.39 is 17.1 Å². The lowest BCUT2D eigenvalue weighted by Crippen LogP contribution is -2.44. The molecule has 0 radical (unpaired) electrons. The number of aryl methyl sites for hydroxylation is 1. The zero-order valence-corrected chi connectivity index (χ0v) is 14.6. The molecule has 1 amide bonds. The van der Waals surface area contributed by atoms with Crippen LogP contribution in [0.3, 0.4) is 0 Å². The predicted octanol–water partition coefficient (Wildman–Crippen LogP) is 2.08. The second-order valence-electron chi connectivity index (χ2n) is 6.36. The van der Waals surface area contributed by atoms with E-state index in [1.165, 1.54) is 9.58 Å². The Labute approximate surface area is 150 Å². The quantitative estimate of drug-likeness (QED) is 0.760. The molecule has 1 unspecified atom stereocenters. The Hall–Kier alpha value is -3.12. The Morgan fingerprint density at radius 3 is 2.38 bits per heavy atom. The van der Waals surface area contributed by atoms with Crippen molar-refractivity contribution in [3.05, 3.63) is 81.8 Å². The minimum absolute atomic E-state index is 0.0646. The average molecular weight is 349 g/mol. The molecule has 0 fully saturated rings. The number of nitrogens with one attached hydrogen (secondary N) is 1. The van der Waals surface area contributed by atoms with Crippen LogP contribution < -0.4 is 10.5 Å². The predicted molar refractivity (Wildman–Crippen MR) is 98.6 cm³/mol. The van der Waals surface area contributed by atoms with E-state index in [9.17, 15) is 14.7 Å². The van der Waals surface area contributed by atoms with Gasteiger partial charge in [-0.1, -0.05) is 36.4 Å². The first-order valence-corrected chi connectivity index (χ1v) is 8.51. The summed E-state index contributed by atoms with van der Waals surface area (Å²) in [5, 5.41) is 14.5. The summed E-state index contributed by atoms with van der Waals surface area (Å²) >= 11 is 0. The van der Waals surface area contributed by atoms with Gasteiger partial charge in [0.1, 0.15) is 0 Å². The third-order valence-electron chi connectivity index (χ3n) is 4.90. The zero-order valence-electron chi connectivity index (χ0n) is 14.6. The Morgan fingerprint density at radius 2 is 1.69 bits per heavy atom. The molecule has 1 aliphatic heterocycles. The number of nitrogens with zero attached hydrogens (tertiary/aromatic N) is 2. The number of rotatable bonds is 3. The van der Waals surface area contributed by atoms with Gasteiger partial charge in [0.25, 0.3) is 11.5 Å². The maximum absolute atomic E-state index is 13.1. The Balaban J connectivity index is 1.98. The largest absolute Gasteiger partial charge is 0.371 e. The number of amides is 1. The van der Waals surface area contributed by atoms with Crippen LogP contribution in [-0.2, 0) is 10.4 Å². The summed E-state index contributed by atoms with van der Waals surface area (Å²) in [7, 11) is 0. The molecule has 0 aliphatic carbocycles. The van der Waals surface area contributed by atoms with Crippen LogP contribution in [0.5, 0.6) is 0 Å². The molecule has 2 heterocycles. The fraction of sp³-hybridized carbons (Fsp3) is 0.200.